The summed E-state index contributed by atoms with van der Waals surface area (Å²) in [7, 11) is 3.07. The van der Waals surface area contributed by atoms with Crippen molar-refractivity contribution in [2.75, 3.05) is 32.7 Å². The Morgan fingerprint density at radius 1 is 1.10 bits per heavy atom. The van der Waals surface area contributed by atoms with Crippen LogP contribution >= 0.6 is 11.8 Å². The number of benzene rings is 1. The largest absolute Gasteiger partial charge is 0.481 e. The molecule has 152 valence electrons. The number of methoxy groups -OCH3 is 2. The van der Waals surface area contributed by atoms with Crippen molar-refractivity contribution < 1.29 is 24.2 Å². The van der Waals surface area contributed by atoms with Crippen molar-refractivity contribution in [1.82, 2.24) is 14.9 Å². The lowest BCUT2D eigenvalue weighted by molar-refractivity contribution is -0.137. The highest BCUT2D eigenvalue weighted by Crippen LogP contribution is 2.26. The number of β-amino-alcohol motifs (C(OH)–C–C–N with tert-alkyl or cyclic N) is 1. The summed E-state index contributed by atoms with van der Waals surface area (Å²) in [6.07, 6.45) is 1.23. The van der Waals surface area contributed by atoms with Crippen LogP contribution in [0.25, 0.3) is 0 Å². The van der Waals surface area contributed by atoms with Crippen molar-refractivity contribution in [2.45, 2.75) is 10.6 Å². The second-order valence-electron chi connectivity index (χ2n) is 5.88. The van der Waals surface area contributed by atoms with Crippen LogP contribution in [0.3, 0.4) is 0 Å². The molecule has 1 aliphatic heterocycles. The quantitative estimate of drug-likeness (QED) is 0.463. The topological polar surface area (TPSA) is 114 Å². The highest BCUT2D eigenvalue weighted by Gasteiger charge is 2.30. The molecule has 2 aromatic rings. The maximum atomic E-state index is 12.2. The van der Waals surface area contributed by atoms with Gasteiger partial charge in [-0.1, -0.05) is 0 Å². The molecule has 0 radical (unpaired) electrons. The Balaban J connectivity index is 1.61. The van der Waals surface area contributed by atoms with Gasteiger partial charge in [-0.15, -0.1) is 11.8 Å². The van der Waals surface area contributed by atoms with E-state index < -0.39 is 11.8 Å². The normalized spacial score (nSPS) is 13.5. The molecular weight excluding hydrogens is 396 g/mol. The zero-order chi connectivity index (χ0) is 20.8. The molecule has 29 heavy (non-hydrogen) atoms. The van der Waals surface area contributed by atoms with Gasteiger partial charge in [0.15, 0.2) is 0 Å². The summed E-state index contributed by atoms with van der Waals surface area (Å²) < 4.78 is 10.3. The SMILES string of the molecule is COc1cc(OC)nc(CSc2ccc(NC3=CC(=O)N(CCO)C3=O)cc2)n1. The predicted octanol–water partition coefficient (Wildman–Crippen LogP) is 1.44. The molecule has 10 heteroatoms. The second-order valence-corrected chi connectivity index (χ2v) is 6.93. The van der Waals surface area contributed by atoms with Gasteiger partial charge in [-0.3, -0.25) is 14.5 Å². The molecule has 2 amide bonds. The number of aromatic nitrogens is 2. The van der Waals surface area contributed by atoms with Crippen molar-refractivity contribution in [1.29, 1.82) is 0 Å². The number of carbonyl (C=O) groups excluding carboxylic acids is 2. The van der Waals surface area contributed by atoms with E-state index >= 15 is 0 Å². The number of aliphatic hydroxyl groups excluding tert-OH is 1. The average molecular weight is 416 g/mol. The number of anilines is 1. The van der Waals surface area contributed by atoms with E-state index in [1.165, 1.54) is 32.1 Å². The van der Waals surface area contributed by atoms with E-state index in [-0.39, 0.29) is 18.8 Å². The lowest BCUT2D eigenvalue weighted by Gasteiger charge is -2.13. The monoisotopic (exact) mass is 416 g/mol. The molecule has 0 bridgehead atoms. The van der Waals surface area contributed by atoms with Gasteiger partial charge in [-0.25, -0.2) is 0 Å². The van der Waals surface area contributed by atoms with E-state index in [1.807, 2.05) is 24.3 Å². The minimum atomic E-state index is -0.452. The molecule has 2 heterocycles. The average Bonchev–Trinajstić information content (AvgIpc) is 3.00. The van der Waals surface area contributed by atoms with E-state index in [4.69, 9.17) is 14.6 Å². The summed E-state index contributed by atoms with van der Waals surface area (Å²) in [5, 5.41) is 11.9. The first-order valence-corrected chi connectivity index (χ1v) is 9.67. The fourth-order valence-corrected chi connectivity index (χ4v) is 3.32. The fraction of sp³-hybridized carbons (Fsp3) is 0.263. The van der Waals surface area contributed by atoms with Gasteiger partial charge < -0.3 is 19.9 Å². The summed E-state index contributed by atoms with van der Waals surface area (Å²) in [6, 6.07) is 9.00. The van der Waals surface area contributed by atoms with Crippen molar-refractivity contribution in [2.24, 2.45) is 0 Å². The van der Waals surface area contributed by atoms with Crippen LogP contribution < -0.4 is 14.8 Å². The third-order valence-corrected chi connectivity index (χ3v) is 4.99. The number of ether oxygens (including phenoxy) is 2. The summed E-state index contributed by atoms with van der Waals surface area (Å²) in [5.41, 5.74) is 0.854. The van der Waals surface area contributed by atoms with Crippen molar-refractivity contribution in [3.63, 3.8) is 0 Å². The third kappa shape index (κ3) is 5.04. The molecule has 0 aliphatic carbocycles. The lowest BCUT2D eigenvalue weighted by Crippen LogP contribution is -2.34. The molecule has 0 unspecified atom stereocenters. The first-order chi connectivity index (χ1) is 14.0. The van der Waals surface area contributed by atoms with E-state index in [9.17, 15) is 9.59 Å². The van der Waals surface area contributed by atoms with Gasteiger partial charge in [0.1, 0.15) is 11.5 Å². The Kier molecular flexibility index (Phi) is 6.68. The molecule has 1 aromatic heterocycles. The van der Waals surface area contributed by atoms with E-state index in [2.05, 4.69) is 15.3 Å². The van der Waals surface area contributed by atoms with Crippen LogP contribution in [-0.2, 0) is 15.3 Å². The van der Waals surface area contributed by atoms with Crippen LogP contribution in [0.1, 0.15) is 5.82 Å². The molecule has 0 atom stereocenters. The van der Waals surface area contributed by atoms with Gasteiger partial charge in [-0.05, 0) is 24.3 Å². The smallest absolute Gasteiger partial charge is 0.277 e. The van der Waals surface area contributed by atoms with Gasteiger partial charge in [0.2, 0.25) is 11.8 Å². The minimum Gasteiger partial charge on any atom is -0.481 e. The number of aliphatic hydroxyl groups is 1. The van der Waals surface area contributed by atoms with Crippen LogP contribution in [0.2, 0.25) is 0 Å². The first-order valence-electron chi connectivity index (χ1n) is 8.68. The van der Waals surface area contributed by atoms with E-state index in [0.29, 0.717) is 29.0 Å². The maximum Gasteiger partial charge on any atom is 0.277 e. The fourth-order valence-electron chi connectivity index (χ4n) is 2.57. The standard InChI is InChI=1S/C19H20N4O5S/c1-27-16-10-17(28-2)22-15(21-16)11-29-13-5-3-12(4-6-13)20-14-9-18(25)23(7-8-24)19(14)26/h3-6,9-10,20,24H,7-8,11H2,1-2H3. The Morgan fingerprint density at radius 3 is 2.34 bits per heavy atom. The number of nitrogens with one attached hydrogen (secondary N) is 1. The second kappa shape index (κ2) is 9.39. The third-order valence-electron chi connectivity index (χ3n) is 3.98. The van der Waals surface area contributed by atoms with Gasteiger partial charge in [0.05, 0.1) is 39.2 Å². The summed E-state index contributed by atoms with van der Waals surface area (Å²) in [6.45, 7) is -0.292. The highest BCUT2D eigenvalue weighted by atomic mass is 32.2. The van der Waals surface area contributed by atoms with Crippen molar-refractivity contribution >= 4 is 29.3 Å². The van der Waals surface area contributed by atoms with Crippen molar-refractivity contribution in [3.8, 4) is 11.8 Å². The number of carbonyl (C=O) groups is 2. The summed E-state index contributed by atoms with van der Waals surface area (Å²) >= 11 is 1.54. The van der Waals surface area contributed by atoms with Crippen molar-refractivity contribution in [3.05, 3.63) is 47.9 Å². The molecule has 9 nitrogen and oxygen atoms in total. The van der Waals surface area contributed by atoms with Gasteiger partial charge in [0.25, 0.3) is 11.8 Å². The molecule has 2 N–H and O–H groups in total. The number of rotatable bonds is 9. The number of thioether (sulfide) groups is 1. The van der Waals surface area contributed by atoms with Crippen LogP contribution in [0.4, 0.5) is 5.69 Å². The van der Waals surface area contributed by atoms with Crippen LogP contribution in [0.5, 0.6) is 11.8 Å². The number of imide groups is 1. The zero-order valence-electron chi connectivity index (χ0n) is 15.9. The van der Waals surface area contributed by atoms with Gasteiger partial charge in [0, 0.05) is 16.7 Å². The number of nitrogens with zero attached hydrogens (tertiary/aromatic N) is 3. The Hall–Kier alpha value is -3.11. The van der Waals surface area contributed by atoms with Crippen LogP contribution in [0.15, 0.2) is 47.0 Å². The Morgan fingerprint density at radius 2 is 1.76 bits per heavy atom. The molecule has 3 rings (SSSR count). The molecule has 0 fully saturated rings. The first kappa shape index (κ1) is 20.6. The molecular formula is C19H20N4O5S. The maximum absolute atomic E-state index is 12.2. The van der Waals surface area contributed by atoms with E-state index in [1.54, 1.807) is 6.07 Å². The highest BCUT2D eigenvalue weighted by molar-refractivity contribution is 7.98. The number of amides is 2. The van der Waals surface area contributed by atoms with Crippen LogP contribution in [-0.4, -0.2) is 59.2 Å². The number of hydrogen-bond donors (Lipinski definition) is 2. The summed E-state index contributed by atoms with van der Waals surface area (Å²) in [4.78, 5) is 34.5. The van der Waals surface area contributed by atoms with Crippen LogP contribution in [0, 0.1) is 0 Å². The zero-order valence-corrected chi connectivity index (χ0v) is 16.7. The predicted molar refractivity (Wildman–Crippen MR) is 107 cm³/mol. The molecule has 0 spiro atoms. The molecule has 1 aliphatic rings. The Labute approximate surface area is 171 Å². The van der Waals surface area contributed by atoms with Gasteiger partial charge >= 0.3 is 0 Å². The minimum absolute atomic E-state index is 0.0218. The molecule has 1 aromatic carbocycles. The lowest BCUT2D eigenvalue weighted by atomic mass is 10.3. The molecule has 0 saturated carbocycles. The Bertz CT molecular complexity index is 910. The van der Waals surface area contributed by atoms with E-state index in [0.717, 1.165) is 9.80 Å². The number of hydrogen-bond acceptors (Lipinski definition) is 9. The van der Waals surface area contributed by atoms with Gasteiger partial charge in [-0.2, -0.15) is 9.97 Å². The summed E-state index contributed by atoms with van der Waals surface area (Å²) in [5.74, 6) is 1.09. The molecule has 0 saturated heterocycles.